The first kappa shape index (κ1) is 14.4. The predicted molar refractivity (Wildman–Crippen MR) is 82.1 cm³/mol. The molecule has 0 spiro atoms. The molecule has 2 atom stereocenters. The molecular weight excluding hydrogens is 310 g/mol. The van der Waals surface area contributed by atoms with Crippen molar-refractivity contribution < 1.29 is 5.11 Å². The lowest BCUT2D eigenvalue weighted by molar-refractivity contribution is 0.0643. The smallest absolute Gasteiger partial charge is 0.0869 e. The molecule has 18 heavy (non-hydrogen) atoms. The third-order valence-electron chi connectivity index (χ3n) is 3.45. The number of thioether (sulfide) groups is 1. The van der Waals surface area contributed by atoms with Crippen LogP contribution >= 0.6 is 27.7 Å². The van der Waals surface area contributed by atoms with Crippen molar-refractivity contribution in [1.82, 2.24) is 5.32 Å². The first-order chi connectivity index (χ1) is 8.64. The summed E-state index contributed by atoms with van der Waals surface area (Å²) in [6.45, 7) is 2.85. The molecule has 0 aromatic heterocycles. The first-order valence-electron chi connectivity index (χ1n) is 6.42. The molecule has 1 aromatic rings. The molecule has 0 saturated carbocycles. The summed E-state index contributed by atoms with van der Waals surface area (Å²) in [7, 11) is 0. The van der Waals surface area contributed by atoms with Crippen molar-refractivity contribution in [3.63, 3.8) is 0 Å². The zero-order valence-electron chi connectivity index (χ0n) is 10.7. The van der Waals surface area contributed by atoms with Crippen LogP contribution in [0.3, 0.4) is 0 Å². The minimum Gasteiger partial charge on any atom is -0.388 e. The summed E-state index contributed by atoms with van der Waals surface area (Å²) in [6, 6.07) is 8.60. The lowest BCUT2D eigenvalue weighted by Gasteiger charge is -2.26. The lowest BCUT2D eigenvalue weighted by atomic mass is 10.0. The summed E-state index contributed by atoms with van der Waals surface area (Å²) >= 11 is 5.44. The highest BCUT2D eigenvalue weighted by Crippen LogP contribution is 2.29. The number of nitrogens with one attached hydrogen (secondary N) is 1. The SMILES string of the molecule is CCC(NCC1(O)CCSC1)c1ccccc1Br. The van der Waals surface area contributed by atoms with Gasteiger partial charge in [0.25, 0.3) is 0 Å². The molecule has 0 bridgehead atoms. The third-order valence-corrected chi connectivity index (χ3v) is 5.41. The van der Waals surface area contributed by atoms with Crippen molar-refractivity contribution in [2.24, 2.45) is 0 Å². The molecular formula is C14H20BrNOS. The molecule has 1 aliphatic heterocycles. The monoisotopic (exact) mass is 329 g/mol. The molecule has 0 aliphatic carbocycles. The second-order valence-electron chi connectivity index (χ2n) is 4.89. The second-order valence-corrected chi connectivity index (χ2v) is 6.85. The first-order valence-corrected chi connectivity index (χ1v) is 8.37. The van der Waals surface area contributed by atoms with Gasteiger partial charge in [0.05, 0.1) is 5.60 Å². The van der Waals surface area contributed by atoms with Gasteiger partial charge in [-0.25, -0.2) is 0 Å². The van der Waals surface area contributed by atoms with Crippen molar-refractivity contribution >= 4 is 27.7 Å². The van der Waals surface area contributed by atoms with Crippen molar-refractivity contribution in [3.8, 4) is 0 Å². The van der Waals surface area contributed by atoms with Crippen LogP contribution < -0.4 is 5.32 Å². The number of hydrogen-bond acceptors (Lipinski definition) is 3. The molecule has 2 N–H and O–H groups in total. The Balaban J connectivity index is 1.99. The standard InChI is InChI=1S/C14H20BrNOS/c1-2-13(11-5-3-4-6-12(11)15)16-9-14(17)7-8-18-10-14/h3-6,13,16-17H,2,7-10H2,1H3. The van der Waals surface area contributed by atoms with Gasteiger partial charge in [-0.15, -0.1) is 0 Å². The number of rotatable bonds is 5. The number of aliphatic hydroxyl groups is 1. The van der Waals surface area contributed by atoms with E-state index in [-0.39, 0.29) is 0 Å². The Kier molecular flexibility index (Phi) is 5.13. The average Bonchev–Trinajstić information content (AvgIpc) is 2.79. The van der Waals surface area contributed by atoms with Crippen molar-refractivity contribution in [3.05, 3.63) is 34.3 Å². The van der Waals surface area contributed by atoms with E-state index in [1.807, 2.05) is 17.8 Å². The highest BCUT2D eigenvalue weighted by molar-refractivity contribution is 9.10. The maximum atomic E-state index is 10.4. The quantitative estimate of drug-likeness (QED) is 0.868. The largest absolute Gasteiger partial charge is 0.388 e. The Hall–Kier alpha value is -0.0300. The maximum absolute atomic E-state index is 10.4. The predicted octanol–water partition coefficient (Wildman–Crippen LogP) is 3.36. The fourth-order valence-corrected chi connectivity index (χ4v) is 4.14. The Labute approximate surface area is 122 Å². The van der Waals surface area contributed by atoms with Gasteiger partial charge in [0.15, 0.2) is 0 Å². The zero-order valence-corrected chi connectivity index (χ0v) is 13.1. The van der Waals surface area contributed by atoms with Gasteiger partial charge in [-0.1, -0.05) is 41.1 Å². The van der Waals surface area contributed by atoms with Crippen LogP contribution in [0.4, 0.5) is 0 Å². The molecule has 2 rings (SSSR count). The van der Waals surface area contributed by atoms with Crippen molar-refractivity contribution in [1.29, 1.82) is 0 Å². The van der Waals surface area contributed by atoms with Gasteiger partial charge >= 0.3 is 0 Å². The van der Waals surface area contributed by atoms with E-state index in [0.717, 1.165) is 28.8 Å². The van der Waals surface area contributed by atoms with Gasteiger partial charge in [-0.3, -0.25) is 0 Å². The van der Waals surface area contributed by atoms with E-state index in [1.165, 1.54) is 5.56 Å². The molecule has 2 nitrogen and oxygen atoms in total. The summed E-state index contributed by atoms with van der Waals surface area (Å²) in [5.74, 6) is 1.93. The maximum Gasteiger partial charge on any atom is 0.0869 e. The minimum absolute atomic E-state index is 0.301. The molecule has 4 heteroatoms. The normalized spacial score (nSPS) is 25.3. The van der Waals surface area contributed by atoms with Crippen LogP contribution in [0, 0.1) is 0 Å². The molecule has 1 saturated heterocycles. The molecule has 1 aliphatic rings. The summed E-state index contributed by atoms with van der Waals surface area (Å²) in [5, 5.41) is 13.9. The summed E-state index contributed by atoms with van der Waals surface area (Å²) < 4.78 is 1.14. The number of halogens is 1. The number of hydrogen-bond donors (Lipinski definition) is 2. The Morgan fingerprint density at radius 2 is 2.28 bits per heavy atom. The fraction of sp³-hybridized carbons (Fsp3) is 0.571. The van der Waals surface area contributed by atoms with Crippen molar-refractivity contribution in [2.45, 2.75) is 31.4 Å². The summed E-state index contributed by atoms with van der Waals surface area (Å²) in [6.07, 6.45) is 1.92. The van der Waals surface area contributed by atoms with E-state index < -0.39 is 5.60 Å². The van der Waals surface area contributed by atoms with Gasteiger partial charge in [0, 0.05) is 22.8 Å². The van der Waals surface area contributed by atoms with Crippen LogP contribution in [-0.4, -0.2) is 28.8 Å². The Morgan fingerprint density at radius 3 is 2.89 bits per heavy atom. The van der Waals surface area contributed by atoms with Gasteiger partial charge in [0.2, 0.25) is 0 Å². The van der Waals surface area contributed by atoms with Crippen molar-refractivity contribution in [2.75, 3.05) is 18.1 Å². The van der Waals surface area contributed by atoms with Gasteiger partial charge in [0.1, 0.15) is 0 Å². The van der Waals surface area contributed by atoms with E-state index in [0.29, 0.717) is 12.6 Å². The third kappa shape index (κ3) is 3.50. The summed E-state index contributed by atoms with van der Waals surface area (Å²) in [5.41, 5.74) is 0.758. The minimum atomic E-state index is -0.515. The van der Waals surface area contributed by atoms with Crippen LogP contribution in [0.5, 0.6) is 0 Å². The molecule has 1 aromatic carbocycles. The highest BCUT2D eigenvalue weighted by atomic mass is 79.9. The molecule has 100 valence electrons. The van der Waals surface area contributed by atoms with Crippen LogP contribution in [0.15, 0.2) is 28.7 Å². The molecule has 0 amide bonds. The topological polar surface area (TPSA) is 32.3 Å². The van der Waals surface area contributed by atoms with Crippen LogP contribution in [-0.2, 0) is 0 Å². The Morgan fingerprint density at radius 1 is 1.50 bits per heavy atom. The van der Waals surface area contributed by atoms with Gasteiger partial charge in [-0.2, -0.15) is 11.8 Å². The lowest BCUT2D eigenvalue weighted by Crippen LogP contribution is -2.41. The van der Waals surface area contributed by atoms with Gasteiger partial charge < -0.3 is 10.4 Å². The van der Waals surface area contributed by atoms with Crippen LogP contribution in [0.25, 0.3) is 0 Å². The summed E-state index contributed by atoms with van der Waals surface area (Å²) in [4.78, 5) is 0. The van der Waals surface area contributed by atoms with E-state index >= 15 is 0 Å². The van der Waals surface area contributed by atoms with E-state index in [9.17, 15) is 5.11 Å². The highest BCUT2D eigenvalue weighted by Gasteiger charge is 2.32. The van der Waals surface area contributed by atoms with Gasteiger partial charge in [-0.05, 0) is 30.2 Å². The fourth-order valence-electron chi connectivity index (χ4n) is 2.28. The van der Waals surface area contributed by atoms with E-state index in [2.05, 4.69) is 46.4 Å². The molecule has 0 radical (unpaired) electrons. The van der Waals surface area contributed by atoms with Crippen LogP contribution in [0.2, 0.25) is 0 Å². The molecule has 2 unspecified atom stereocenters. The molecule has 1 heterocycles. The van der Waals surface area contributed by atoms with Crippen LogP contribution in [0.1, 0.15) is 31.4 Å². The molecule has 1 fully saturated rings. The van der Waals surface area contributed by atoms with E-state index in [4.69, 9.17) is 0 Å². The average molecular weight is 330 g/mol. The number of benzene rings is 1. The zero-order chi connectivity index (χ0) is 13.0. The second kappa shape index (κ2) is 6.42. The Bertz CT molecular complexity index is 393. The van der Waals surface area contributed by atoms with E-state index in [1.54, 1.807) is 0 Å².